The van der Waals surface area contributed by atoms with Gasteiger partial charge in [0.05, 0.1) is 17.6 Å². The molecule has 0 bridgehead atoms. The summed E-state index contributed by atoms with van der Waals surface area (Å²) >= 11 is 0. The Morgan fingerprint density at radius 1 is 1.17 bits per heavy atom. The summed E-state index contributed by atoms with van der Waals surface area (Å²) in [5.41, 5.74) is 4.39. The van der Waals surface area contributed by atoms with Crippen LogP contribution < -0.4 is 5.32 Å². The van der Waals surface area contributed by atoms with Gasteiger partial charge >= 0.3 is 0 Å². The van der Waals surface area contributed by atoms with Crippen LogP contribution in [0.4, 0.5) is 5.82 Å². The van der Waals surface area contributed by atoms with Crippen LogP contribution in [-0.2, 0) is 6.54 Å². The Morgan fingerprint density at radius 3 is 2.83 bits per heavy atom. The van der Waals surface area contributed by atoms with E-state index in [9.17, 15) is 0 Å². The molecule has 1 fully saturated rings. The Morgan fingerprint density at radius 2 is 2.03 bits per heavy atom. The first-order valence-corrected chi connectivity index (χ1v) is 10.6. The molecule has 3 aromatic heterocycles. The van der Waals surface area contributed by atoms with Crippen molar-refractivity contribution in [3.8, 4) is 0 Å². The van der Waals surface area contributed by atoms with Crippen LogP contribution in [0.1, 0.15) is 56.6 Å². The van der Waals surface area contributed by atoms with Gasteiger partial charge in [-0.2, -0.15) is 5.10 Å². The van der Waals surface area contributed by atoms with E-state index >= 15 is 0 Å². The quantitative estimate of drug-likeness (QED) is 0.669. The first kappa shape index (κ1) is 19.8. The van der Waals surface area contributed by atoms with E-state index in [2.05, 4.69) is 58.3 Å². The lowest BCUT2D eigenvalue weighted by Gasteiger charge is -2.36. The molecule has 6 heteroatoms. The lowest BCUT2D eigenvalue weighted by molar-refractivity contribution is 0.150. The fourth-order valence-electron chi connectivity index (χ4n) is 4.27. The topological polar surface area (TPSA) is 69.7 Å². The highest BCUT2D eigenvalue weighted by Crippen LogP contribution is 2.30. The zero-order valence-electron chi connectivity index (χ0n) is 18.0. The van der Waals surface area contributed by atoms with Gasteiger partial charge in [0.2, 0.25) is 0 Å². The van der Waals surface area contributed by atoms with Crippen LogP contribution in [0.15, 0.2) is 30.3 Å². The number of likely N-dealkylation sites (tertiary alicyclic amines) is 1. The molecule has 0 spiro atoms. The maximum absolute atomic E-state index is 4.92. The van der Waals surface area contributed by atoms with Crippen LogP contribution >= 0.6 is 0 Å². The van der Waals surface area contributed by atoms with Gasteiger partial charge in [-0.3, -0.25) is 10.1 Å². The van der Waals surface area contributed by atoms with E-state index in [-0.39, 0.29) is 0 Å². The van der Waals surface area contributed by atoms with Crippen LogP contribution in [0, 0.1) is 12.3 Å². The van der Waals surface area contributed by atoms with E-state index in [0.29, 0.717) is 17.9 Å². The third kappa shape index (κ3) is 4.93. The largest absolute Gasteiger partial charge is 0.362 e. The predicted octanol–water partition coefficient (Wildman–Crippen LogP) is 4.50. The van der Waals surface area contributed by atoms with Crippen molar-refractivity contribution in [3.63, 3.8) is 0 Å². The Kier molecular flexibility index (Phi) is 5.54. The Bertz CT molecular complexity index is 971. The second-order valence-electron chi connectivity index (χ2n) is 9.46. The SMILES string of the molecule is Cc1cccc(CNc2n[nH]c3nc([C@H]4CCCN(CC(C)(C)C)C4)ccc23)n1. The molecule has 1 aliphatic rings. The minimum atomic E-state index is 0.329. The van der Waals surface area contributed by atoms with Gasteiger partial charge in [0.15, 0.2) is 11.5 Å². The van der Waals surface area contributed by atoms with Crippen molar-refractivity contribution in [2.24, 2.45) is 5.41 Å². The molecule has 0 saturated carbocycles. The van der Waals surface area contributed by atoms with Gasteiger partial charge in [-0.25, -0.2) is 4.98 Å². The molecule has 0 radical (unpaired) electrons. The van der Waals surface area contributed by atoms with Crippen molar-refractivity contribution < 1.29 is 0 Å². The Hall–Kier alpha value is -2.47. The number of pyridine rings is 2. The van der Waals surface area contributed by atoms with Crippen LogP contribution in [0.25, 0.3) is 11.0 Å². The highest BCUT2D eigenvalue weighted by molar-refractivity contribution is 5.87. The molecule has 154 valence electrons. The van der Waals surface area contributed by atoms with Crippen LogP contribution in [-0.4, -0.2) is 44.7 Å². The average molecular weight is 393 g/mol. The molecule has 1 aliphatic heterocycles. The third-order valence-corrected chi connectivity index (χ3v) is 5.45. The minimum Gasteiger partial charge on any atom is -0.362 e. The van der Waals surface area contributed by atoms with E-state index in [1.54, 1.807) is 0 Å². The second kappa shape index (κ2) is 8.11. The molecule has 4 heterocycles. The molecule has 0 unspecified atom stereocenters. The van der Waals surface area contributed by atoms with Crippen molar-refractivity contribution in [3.05, 3.63) is 47.4 Å². The molecular weight excluding hydrogens is 360 g/mol. The number of hydrogen-bond donors (Lipinski definition) is 2. The average Bonchev–Trinajstić information content (AvgIpc) is 3.07. The van der Waals surface area contributed by atoms with E-state index in [1.807, 2.05) is 25.1 Å². The number of aryl methyl sites for hydroxylation is 1. The number of H-pyrrole nitrogens is 1. The van der Waals surface area contributed by atoms with Gasteiger partial charge < -0.3 is 10.2 Å². The van der Waals surface area contributed by atoms with E-state index < -0.39 is 0 Å². The second-order valence-corrected chi connectivity index (χ2v) is 9.46. The maximum atomic E-state index is 4.92. The molecule has 6 nitrogen and oxygen atoms in total. The zero-order valence-corrected chi connectivity index (χ0v) is 18.0. The summed E-state index contributed by atoms with van der Waals surface area (Å²) in [6, 6.07) is 10.4. The number of nitrogens with zero attached hydrogens (tertiary/aromatic N) is 4. The van der Waals surface area contributed by atoms with Gasteiger partial charge in [0.1, 0.15) is 0 Å². The van der Waals surface area contributed by atoms with E-state index in [4.69, 9.17) is 4.98 Å². The lowest BCUT2D eigenvalue weighted by atomic mass is 9.90. The van der Waals surface area contributed by atoms with Gasteiger partial charge in [-0.05, 0) is 56.0 Å². The number of piperidine rings is 1. The summed E-state index contributed by atoms with van der Waals surface area (Å²) in [5.74, 6) is 1.33. The van der Waals surface area contributed by atoms with Crippen molar-refractivity contribution >= 4 is 16.9 Å². The molecule has 29 heavy (non-hydrogen) atoms. The summed E-state index contributed by atoms with van der Waals surface area (Å²) in [5, 5.41) is 12.0. The number of hydrogen-bond acceptors (Lipinski definition) is 5. The molecule has 0 amide bonds. The van der Waals surface area contributed by atoms with Gasteiger partial charge in [0.25, 0.3) is 0 Å². The fourth-order valence-corrected chi connectivity index (χ4v) is 4.27. The van der Waals surface area contributed by atoms with Crippen molar-refractivity contribution in [1.82, 2.24) is 25.1 Å². The first-order valence-electron chi connectivity index (χ1n) is 10.6. The van der Waals surface area contributed by atoms with Crippen LogP contribution in [0.5, 0.6) is 0 Å². The molecule has 1 saturated heterocycles. The molecule has 0 aromatic carbocycles. The standard InChI is InChI=1S/C23H32N6/c1-16-7-5-9-18(25-16)13-24-21-19-10-11-20(26-22(19)28-27-21)17-8-6-12-29(14-17)15-23(2,3)4/h5,7,9-11,17H,6,8,12-15H2,1-4H3,(H2,24,26,27,28)/t17-/m0/s1. The van der Waals surface area contributed by atoms with Crippen molar-refractivity contribution in [1.29, 1.82) is 0 Å². The number of fused-ring (bicyclic) bond motifs is 1. The molecule has 3 aromatic rings. The number of aromatic amines is 1. The highest BCUT2D eigenvalue weighted by atomic mass is 15.2. The molecular formula is C23H32N6. The molecule has 2 N–H and O–H groups in total. The summed E-state index contributed by atoms with van der Waals surface area (Å²) in [4.78, 5) is 12.1. The Labute approximate surface area is 173 Å². The Balaban J connectivity index is 1.46. The van der Waals surface area contributed by atoms with Crippen molar-refractivity contribution in [2.45, 2.75) is 53.0 Å². The first-order chi connectivity index (χ1) is 13.9. The maximum Gasteiger partial charge on any atom is 0.157 e. The highest BCUT2D eigenvalue weighted by Gasteiger charge is 2.25. The number of rotatable bonds is 5. The third-order valence-electron chi connectivity index (χ3n) is 5.45. The predicted molar refractivity (Wildman–Crippen MR) is 118 cm³/mol. The summed E-state index contributed by atoms with van der Waals surface area (Å²) in [6.07, 6.45) is 2.44. The normalized spacial score (nSPS) is 18.3. The smallest absolute Gasteiger partial charge is 0.157 e. The van der Waals surface area contributed by atoms with Crippen LogP contribution in [0.2, 0.25) is 0 Å². The molecule has 1 atom stereocenters. The summed E-state index contributed by atoms with van der Waals surface area (Å²) in [7, 11) is 0. The summed E-state index contributed by atoms with van der Waals surface area (Å²) in [6.45, 7) is 13.0. The zero-order chi connectivity index (χ0) is 20.4. The van der Waals surface area contributed by atoms with Gasteiger partial charge in [-0.1, -0.05) is 26.8 Å². The fraction of sp³-hybridized carbons (Fsp3) is 0.522. The minimum absolute atomic E-state index is 0.329. The number of anilines is 1. The monoisotopic (exact) mass is 392 g/mol. The molecule has 0 aliphatic carbocycles. The number of aromatic nitrogens is 4. The van der Waals surface area contributed by atoms with E-state index in [0.717, 1.165) is 41.3 Å². The van der Waals surface area contributed by atoms with Crippen molar-refractivity contribution in [2.75, 3.05) is 25.0 Å². The lowest BCUT2D eigenvalue weighted by Crippen LogP contribution is -2.39. The van der Waals surface area contributed by atoms with Gasteiger partial charge in [-0.15, -0.1) is 0 Å². The summed E-state index contributed by atoms with van der Waals surface area (Å²) < 4.78 is 0. The molecule has 4 rings (SSSR count). The van der Waals surface area contributed by atoms with Gasteiger partial charge in [0, 0.05) is 30.4 Å². The van der Waals surface area contributed by atoms with Crippen LogP contribution in [0.3, 0.4) is 0 Å². The van der Waals surface area contributed by atoms with E-state index in [1.165, 1.54) is 25.1 Å². The number of nitrogens with one attached hydrogen (secondary N) is 2.